The van der Waals surface area contributed by atoms with Gasteiger partial charge in [-0.25, -0.2) is 0 Å². The van der Waals surface area contributed by atoms with Gasteiger partial charge in [-0.2, -0.15) is 0 Å². The largest absolute Gasteiger partial charge is 0.508 e. The smallest absolute Gasteiger partial charge is 0.320 e. The summed E-state index contributed by atoms with van der Waals surface area (Å²) in [6.07, 6.45) is 1.41. The first kappa shape index (κ1) is 14.9. The van der Waals surface area contributed by atoms with Crippen LogP contribution in [0.15, 0.2) is 12.1 Å². The van der Waals surface area contributed by atoms with Gasteiger partial charge in [-0.1, -0.05) is 19.9 Å². The Kier molecular flexibility index (Phi) is 4.04. The Morgan fingerprint density at radius 3 is 2.65 bits per heavy atom. The van der Waals surface area contributed by atoms with Crippen LogP contribution < -0.4 is 0 Å². The van der Waals surface area contributed by atoms with Gasteiger partial charge in [0.1, 0.15) is 11.8 Å². The minimum atomic E-state index is -0.803. The summed E-state index contributed by atoms with van der Waals surface area (Å²) < 4.78 is 0. The normalized spacial score (nSPS) is 22.9. The highest BCUT2D eigenvalue weighted by Crippen LogP contribution is 2.48. The maximum absolute atomic E-state index is 11.4. The lowest BCUT2D eigenvalue weighted by atomic mass is 9.97. The van der Waals surface area contributed by atoms with Gasteiger partial charge in [-0.15, -0.1) is 0 Å². The Hall–Kier alpha value is -1.55. The minimum absolute atomic E-state index is 0.0269. The first-order valence-corrected chi connectivity index (χ1v) is 7.15. The number of rotatable bonds is 4. The van der Waals surface area contributed by atoms with Crippen molar-refractivity contribution in [1.29, 1.82) is 0 Å². The molecule has 0 saturated carbocycles. The average molecular weight is 277 g/mol. The van der Waals surface area contributed by atoms with Gasteiger partial charge < -0.3 is 10.2 Å². The third kappa shape index (κ3) is 2.29. The van der Waals surface area contributed by atoms with E-state index in [9.17, 15) is 15.0 Å². The topological polar surface area (TPSA) is 60.8 Å². The van der Waals surface area contributed by atoms with Crippen molar-refractivity contribution in [3.05, 3.63) is 28.8 Å². The van der Waals surface area contributed by atoms with Crippen LogP contribution in [0.4, 0.5) is 0 Å². The molecule has 1 aliphatic carbocycles. The van der Waals surface area contributed by atoms with Gasteiger partial charge >= 0.3 is 5.97 Å². The number of fused-ring (bicyclic) bond motifs is 1. The van der Waals surface area contributed by atoms with E-state index < -0.39 is 12.0 Å². The standard InChI is InChI=1S/C16H23NO3/c1-5-11(16(19)20)17(4)12-8-10(3)14-9(2)6-7-13(18)15(12)14/h6-7,10-12,18H,5,8H2,1-4H3,(H,19,20). The van der Waals surface area contributed by atoms with E-state index in [1.807, 2.05) is 31.9 Å². The van der Waals surface area contributed by atoms with Gasteiger partial charge in [0, 0.05) is 11.6 Å². The lowest BCUT2D eigenvalue weighted by molar-refractivity contribution is -0.143. The molecule has 0 radical (unpaired) electrons. The number of hydrogen-bond acceptors (Lipinski definition) is 3. The second-order valence-electron chi connectivity index (χ2n) is 5.81. The van der Waals surface area contributed by atoms with Crippen LogP contribution in [0.1, 0.15) is 55.3 Å². The van der Waals surface area contributed by atoms with Crippen LogP contribution in [0, 0.1) is 6.92 Å². The molecule has 0 bridgehead atoms. The number of phenolic OH excluding ortho intramolecular Hbond substituents is 1. The van der Waals surface area contributed by atoms with Gasteiger partial charge in [-0.05, 0) is 49.9 Å². The number of carboxylic acid groups (broad SMARTS) is 1. The van der Waals surface area contributed by atoms with Crippen molar-refractivity contribution in [2.45, 2.75) is 51.6 Å². The van der Waals surface area contributed by atoms with Gasteiger partial charge in [0.05, 0.1) is 0 Å². The molecular weight excluding hydrogens is 254 g/mol. The van der Waals surface area contributed by atoms with Crippen LogP contribution in [0.5, 0.6) is 5.75 Å². The molecule has 0 fully saturated rings. The summed E-state index contributed by atoms with van der Waals surface area (Å²) in [6.45, 7) is 6.07. The number of nitrogens with zero attached hydrogens (tertiary/aromatic N) is 1. The third-order valence-corrected chi connectivity index (χ3v) is 4.54. The highest BCUT2D eigenvalue weighted by molar-refractivity contribution is 5.73. The Bertz CT molecular complexity index is 527. The molecular formula is C16H23NO3. The quantitative estimate of drug-likeness (QED) is 0.888. The lowest BCUT2D eigenvalue weighted by Gasteiger charge is -2.30. The molecule has 2 rings (SSSR count). The SMILES string of the molecule is CCC(C(=O)O)N(C)C1CC(C)c2c(C)ccc(O)c21. The average Bonchev–Trinajstić information content (AvgIpc) is 2.73. The van der Waals surface area contributed by atoms with E-state index in [0.717, 1.165) is 12.0 Å². The number of carboxylic acids is 1. The van der Waals surface area contributed by atoms with Crippen LogP contribution >= 0.6 is 0 Å². The van der Waals surface area contributed by atoms with Crippen LogP contribution in [0.2, 0.25) is 0 Å². The molecule has 20 heavy (non-hydrogen) atoms. The molecule has 1 aliphatic rings. The molecule has 0 aromatic heterocycles. The molecule has 3 unspecified atom stereocenters. The fourth-order valence-electron chi connectivity index (χ4n) is 3.53. The highest BCUT2D eigenvalue weighted by Gasteiger charge is 2.38. The third-order valence-electron chi connectivity index (χ3n) is 4.54. The van der Waals surface area contributed by atoms with E-state index in [-0.39, 0.29) is 11.8 Å². The van der Waals surface area contributed by atoms with E-state index >= 15 is 0 Å². The van der Waals surface area contributed by atoms with Crippen molar-refractivity contribution in [1.82, 2.24) is 4.90 Å². The fraction of sp³-hybridized carbons (Fsp3) is 0.562. The van der Waals surface area contributed by atoms with Crippen LogP contribution in [0.25, 0.3) is 0 Å². The zero-order valence-corrected chi connectivity index (χ0v) is 12.6. The molecule has 1 aromatic carbocycles. The molecule has 0 aliphatic heterocycles. The number of aryl methyl sites for hydroxylation is 1. The van der Waals surface area contributed by atoms with Crippen LogP contribution in [-0.2, 0) is 4.79 Å². The Morgan fingerprint density at radius 2 is 2.10 bits per heavy atom. The molecule has 110 valence electrons. The van der Waals surface area contributed by atoms with Crippen molar-refractivity contribution in [2.24, 2.45) is 0 Å². The summed E-state index contributed by atoms with van der Waals surface area (Å²) in [5.41, 5.74) is 3.27. The Morgan fingerprint density at radius 1 is 1.45 bits per heavy atom. The number of hydrogen-bond donors (Lipinski definition) is 2. The maximum Gasteiger partial charge on any atom is 0.320 e. The molecule has 2 N–H and O–H groups in total. The minimum Gasteiger partial charge on any atom is -0.508 e. The van der Waals surface area contributed by atoms with Crippen LogP contribution in [0.3, 0.4) is 0 Å². The highest BCUT2D eigenvalue weighted by atomic mass is 16.4. The molecule has 1 aromatic rings. The number of carbonyl (C=O) groups is 1. The van der Waals surface area contributed by atoms with Crippen molar-refractivity contribution in [3.8, 4) is 5.75 Å². The van der Waals surface area contributed by atoms with Crippen molar-refractivity contribution in [2.75, 3.05) is 7.05 Å². The molecule has 0 saturated heterocycles. The Balaban J connectivity index is 2.44. The molecule has 0 amide bonds. The van der Waals surface area contributed by atoms with E-state index in [1.54, 1.807) is 6.07 Å². The van der Waals surface area contributed by atoms with Gasteiger partial charge in [0.2, 0.25) is 0 Å². The van der Waals surface area contributed by atoms with E-state index in [2.05, 4.69) is 6.92 Å². The van der Waals surface area contributed by atoms with E-state index in [0.29, 0.717) is 12.3 Å². The van der Waals surface area contributed by atoms with Gasteiger partial charge in [0.25, 0.3) is 0 Å². The summed E-state index contributed by atoms with van der Waals surface area (Å²) in [7, 11) is 1.84. The fourth-order valence-corrected chi connectivity index (χ4v) is 3.53. The number of phenols is 1. The second kappa shape index (κ2) is 5.44. The van der Waals surface area contributed by atoms with Gasteiger partial charge in [0.15, 0.2) is 0 Å². The number of likely N-dealkylation sites (N-methyl/N-ethyl adjacent to an activating group) is 1. The lowest BCUT2D eigenvalue weighted by Crippen LogP contribution is -2.39. The summed E-state index contributed by atoms with van der Waals surface area (Å²) in [6, 6.07) is 3.11. The van der Waals surface area contributed by atoms with Crippen molar-refractivity contribution in [3.63, 3.8) is 0 Å². The van der Waals surface area contributed by atoms with Crippen molar-refractivity contribution < 1.29 is 15.0 Å². The predicted octanol–water partition coefficient (Wildman–Crippen LogP) is 3.04. The van der Waals surface area contributed by atoms with E-state index in [4.69, 9.17) is 0 Å². The number of aromatic hydroxyl groups is 1. The zero-order valence-electron chi connectivity index (χ0n) is 12.6. The summed E-state index contributed by atoms with van der Waals surface area (Å²) in [5.74, 6) is -0.175. The zero-order chi connectivity index (χ0) is 15.0. The molecule has 4 heteroatoms. The first-order valence-electron chi connectivity index (χ1n) is 7.15. The maximum atomic E-state index is 11.4. The molecule has 0 spiro atoms. The van der Waals surface area contributed by atoms with Gasteiger partial charge in [-0.3, -0.25) is 9.69 Å². The van der Waals surface area contributed by atoms with Crippen molar-refractivity contribution >= 4 is 5.97 Å². The first-order chi connectivity index (χ1) is 9.38. The van der Waals surface area contributed by atoms with Crippen LogP contribution in [-0.4, -0.2) is 34.2 Å². The predicted molar refractivity (Wildman–Crippen MR) is 78.1 cm³/mol. The summed E-state index contributed by atoms with van der Waals surface area (Å²) in [4.78, 5) is 13.3. The molecule has 4 nitrogen and oxygen atoms in total. The Labute approximate surface area is 120 Å². The molecule has 3 atom stereocenters. The second-order valence-corrected chi connectivity index (χ2v) is 5.81. The monoisotopic (exact) mass is 277 g/mol. The summed E-state index contributed by atoms with van der Waals surface area (Å²) >= 11 is 0. The number of aliphatic carboxylic acids is 1. The number of benzene rings is 1. The summed E-state index contributed by atoms with van der Waals surface area (Å²) in [5, 5.41) is 19.5. The van der Waals surface area contributed by atoms with E-state index in [1.165, 1.54) is 11.1 Å². The molecule has 0 heterocycles.